The van der Waals surface area contributed by atoms with Gasteiger partial charge in [0.1, 0.15) is 11.5 Å². The van der Waals surface area contributed by atoms with Crippen LogP contribution in [0.2, 0.25) is 0 Å². The Kier molecular flexibility index (Phi) is 2.79. The zero-order chi connectivity index (χ0) is 10.9. The van der Waals surface area contributed by atoms with E-state index in [1.807, 2.05) is 12.1 Å². The van der Waals surface area contributed by atoms with Crippen molar-refractivity contribution >= 4 is 11.6 Å². The van der Waals surface area contributed by atoms with Gasteiger partial charge >= 0.3 is 0 Å². The maximum absolute atomic E-state index is 6.01. The highest BCUT2D eigenvalue weighted by Crippen LogP contribution is 2.52. The molecule has 0 aromatic heterocycles. The third kappa shape index (κ3) is 1.78. The molecule has 0 saturated heterocycles. The van der Waals surface area contributed by atoms with Crippen LogP contribution in [0.25, 0.3) is 0 Å². The van der Waals surface area contributed by atoms with Crippen molar-refractivity contribution < 1.29 is 9.47 Å². The van der Waals surface area contributed by atoms with Crippen LogP contribution in [-0.2, 0) is 5.41 Å². The molecule has 1 saturated carbocycles. The molecule has 82 valence electrons. The molecule has 1 fully saturated rings. The molecule has 1 aliphatic rings. The lowest BCUT2D eigenvalue weighted by Crippen LogP contribution is -2.10. The van der Waals surface area contributed by atoms with E-state index < -0.39 is 0 Å². The van der Waals surface area contributed by atoms with Crippen LogP contribution in [0.4, 0.5) is 0 Å². The van der Waals surface area contributed by atoms with Crippen molar-refractivity contribution in [3.8, 4) is 11.5 Å². The molecule has 2 nitrogen and oxygen atoms in total. The van der Waals surface area contributed by atoms with Crippen molar-refractivity contribution in [2.24, 2.45) is 0 Å². The summed E-state index contributed by atoms with van der Waals surface area (Å²) in [5, 5.41) is 0. The Morgan fingerprint density at radius 1 is 1.27 bits per heavy atom. The van der Waals surface area contributed by atoms with Gasteiger partial charge in [-0.2, -0.15) is 0 Å². The average Bonchev–Trinajstić information content (AvgIpc) is 3.09. The van der Waals surface area contributed by atoms with Crippen LogP contribution in [-0.4, -0.2) is 20.1 Å². The Morgan fingerprint density at radius 3 is 2.47 bits per heavy atom. The maximum atomic E-state index is 6.01. The maximum Gasteiger partial charge on any atom is 0.126 e. The minimum atomic E-state index is 0.152. The highest BCUT2D eigenvalue weighted by atomic mass is 35.5. The average molecular weight is 227 g/mol. The third-order valence-corrected chi connectivity index (χ3v) is 3.60. The molecule has 0 atom stereocenters. The first-order chi connectivity index (χ1) is 7.25. The summed E-state index contributed by atoms with van der Waals surface area (Å²) >= 11 is 6.01. The monoisotopic (exact) mass is 226 g/mol. The Bertz CT molecular complexity index is 359. The fourth-order valence-corrected chi connectivity index (χ4v) is 2.27. The summed E-state index contributed by atoms with van der Waals surface area (Å²) in [5.74, 6) is 2.36. The molecule has 0 heterocycles. The molecule has 0 radical (unpaired) electrons. The summed E-state index contributed by atoms with van der Waals surface area (Å²) in [5.41, 5.74) is 1.36. The van der Waals surface area contributed by atoms with Crippen LogP contribution in [0.3, 0.4) is 0 Å². The van der Waals surface area contributed by atoms with E-state index in [9.17, 15) is 0 Å². The topological polar surface area (TPSA) is 18.5 Å². The van der Waals surface area contributed by atoms with Gasteiger partial charge in [0.25, 0.3) is 0 Å². The van der Waals surface area contributed by atoms with Crippen LogP contribution in [0.1, 0.15) is 18.4 Å². The molecule has 0 amide bonds. The van der Waals surface area contributed by atoms with E-state index in [1.165, 1.54) is 5.56 Å². The number of rotatable bonds is 4. The Labute approximate surface area is 95.1 Å². The number of hydrogen-bond donors (Lipinski definition) is 0. The quantitative estimate of drug-likeness (QED) is 0.735. The van der Waals surface area contributed by atoms with Gasteiger partial charge in [-0.1, -0.05) is 6.07 Å². The predicted molar refractivity (Wildman–Crippen MR) is 61.2 cm³/mol. The Hall–Kier alpha value is -0.890. The summed E-state index contributed by atoms with van der Waals surface area (Å²) in [4.78, 5) is 0. The molecule has 0 spiro atoms. The number of benzene rings is 1. The molecule has 0 N–H and O–H groups in total. The van der Waals surface area contributed by atoms with Crippen molar-refractivity contribution in [1.82, 2.24) is 0 Å². The van der Waals surface area contributed by atoms with Crippen LogP contribution in [0.15, 0.2) is 18.2 Å². The van der Waals surface area contributed by atoms with Gasteiger partial charge in [-0.3, -0.25) is 0 Å². The van der Waals surface area contributed by atoms with Crippen molar-refractivity contribution in [2.45, 2.75) is 18.3 Å². The summed E-state index contributed by atoms with van der Waals surface area (Å²) in [6.07, 6.45) is 2.30. The van der Waals surface area contributed by atoms with Gasteiger partial charge in [0.05, 0.1) is 14.2 Å². The Morgan fingerprint density at radius 2 is 2.00 bits per heavy atom. The molecule has 1 aromatic carbocycles. The lowest BCUT2D eigenvalue weighted by atomic mass is 9.97. The standard InChI is InChI=1S/C12H15ClO2/c1-14-9-3-4-10(11(7-9)15-2)12(8-13)5-6-12/h3-4,7H,5-6,8H2,1-2H3. The van der Waals surface area contributed by atoms with Crippen molar-refractivity contribution in [3.63, 3.8) is 0 Å². The normalized spacial score (nSPS) is 17.3. The number of methoxy groups -OCH3 is 2. The van der Waals surface area contributed by atoms with Gasteiger partial charge < -0.3 is 9.47 Å². The molecule has 1 aromatic rings. The second-order valence-corrected chi connectivity index (χ2v) is 4.25. The van der Waals surface area contributed by atoms with Crippen LogP contribution in [0.5, 0.6) is 11.5 Å². The summed E-state index contributed by atoms with van der Waals surface area (Å²) < 4.78 is 10.5. The lowest BCUT2D eigenvalue weighted by molar-refractivity contribution is 0.388. The van der Waals surface area contributed by atoms with Gasteiger partial charge in [0.2, 0.25) is 0 Å². The first-order valence-electron chi connectivity index (χ1n) is 5.04. The van der Waals surface area contributed by atoms with E-state index in [1.54, 1.807) is 14.2 Å². The molecule has 0 unspecified atom stereocenters. The highest BCUT2D eigenvalue weighted by Gasteiger charge is 2.45. The molecule has 2 rings (SSSR count). The number of hydrogen-bond acceptors (Lipinski definition) is 2. The molecule has 0 bridgehead atoms. The summed E-state index contributed by atoms with van der Waals surface area (Å²) in [6, 6.07) is 5.94. The zero-order valence-electron chi connectivity index (χ0n) is 9.05. The number of alkyl halides is 1. The van der Waals surface area contributed by atoms with Gasteiger partial charge in [0.15, 0.2) is 0 Å². The van der Waals surface area contributed by atoms with Crippen molar-refractivity contribution in [3.05, 3.63) is 23.8 Å². The van der Waals surface area contributed by atoms with Gasteiger partial charge in [-0.05, 0) is 18.9 Å². The van der Waals surface area contributed by atoms with E-state index in [-0.39, 0.29) is 5.41 Å². The predicted octanol–water partition coefficient (Wildman–Crippen LogP) is 2.97. The SMILES string of the molecule is COc1ccc(C2(CCl)CC2)c(OC)c1. The molecule has 15 heavy (non-hydrogen) atoms. The second kappa shape index (κ2) is 3.93. The van der Waals surface area contributed by atoms with E-state index in [0.717, 1.165) is 24.3 Å². The van der Waals surface area contributed by atoms with E-state index in [4.69, 9.17) is 21.1 Å². The van der Waals surface area contributed by atoms with Crippen LogP contribution >= 0.6 is 11.6 Å². The molecular formula is C12H15ClO2. The lowest BCUT2D eigenvalue weighted by Gasteiger charge is -2.16. The first kappa shape index (κ1) is 10.6. The largest absolute Gasteiger partial charge is 0.497 e. The van der Waals surface area contributed by atoms with Crippen molar-refractivity contribution in [1.29, 1.82) is 0 Å². The van der Waals surface area contributed by atoms with E-state index >= 15 is 0 Å². The summed E-state index contributed by atoms with van der Waals surface area (Å²) in [6.45, 7) is 0. The smallest absolute Gasteiger partial charge is 0.126 e. The van der Waals surface area contributed by atoms with Gasteiger partial charge in [-0.15, -0.1) is 11.6 Å². The fraction of sp³-hybridized carbons (Fsp3) is 0.500. The summed E-state index contributed by atoms with van der Waals surface area (Å²) in [7, 11) is 3.34. The molecule has 1 aliphatic carbocycles. The third-order valence-electron chi connectivity index (χ3n) is 3.09. The van der Waals surface area contributed by atoms with Crippen molar-refractivity contribution in [2.75, 3.05) is 20.1 Å². The molecule has 0 aliphatic heterocycles. The van der Waals surface area contributed by atoms with Gasteiger partial charge in [-0.25, -0.2) is 0 Å². The first-order valence-corrected chi connectivity index (χ1v) is 5.58. The van der Waals surface area contributed by atoms with E-state index in [2.05, 4.69) is 6.07 Å². The molecular weight excluding hydrogens is 212 g/mol. The highest BCUT2D eigenvalue weighted by molar-refractivity contribution is 6.19. The second-order valence-electron chi connectivity index (χ2n) is 3.98. The Balaban J connectivity index is 2.39. The minimum Gasteiger partial charge on any atom is -0.497 e. The van der Waals surface area contributed by atoms with Crippen LogP contribution in [0, 0.1) is 0 Å². The zero-order valence-corrected chi connectivity index (χ0v) is 9.80. The number of halogens is 1. The van der Waals surface area contributed by atoms with Gasteiger partial charge in [0, 0.05) is 22.9 Å². The fourth-order valence-electron chi connectivity index (χ4n) is 1.86. The van der Waals surface area contributed by atoms with Crippen LogP contribution < -0.4 is 9.47 Å². The molecule has 3 heteroatoms. The number of ether oxygens (including phenoxy) is 2. The minimum absolute atomic E-state index is 0.152. The van der Waals surface area contributed by atoms with E-state index in [0.29, 0.717) is 5.88 Å².